The predicted molar refractivity (Wildman–Crippen MR) is 62.4 cm³/mol. The Morgan fingerprint density at radius 1 is 1.50 bits per heavy atom. The molecule has 2 unspecified atom stereocenters. The predicted octanol–water partition coefficient (Wildman–Crippen LogP) is 1.51. The highest BCUT2D eigenvalue weighted by molar-refractivity contribution is 7.89. The number of nitrogens with zero attached hydrogens (tertiary/aromatic N) is 1. The van der Waals surface area contributed by atoms with E-state index in [0.717, 1.165) is 12.8 Å². The van der Waals surface area contributed by atoms with Crippen LogP contribution in [0.3, 0.4) is 0 Å². The van der Waals surface area contributed by atoms with Gasteiger partial charge in [-0.05, 0) is 19.3 Å². The molecule has 0 amide bonds. The van der Waals surface area contributed by atoms with Crippen molar-refractivity contribution in [2.24, 2.45) is 5.92 Å². The Morgan fingerprint density at radius 3 is 2.69 bits per heavy atom. The van der Waals surface area contributed by atoms with Gasteiger partial charge in [0.05, 0.1) is 12.5 Å². The number of hydrogen-bond donors (Lipinski definition) is 2. The number of sulfonamides is 1. The smallest absolute Gasteiger partial charge is 0.257 e. The van der Waals surface area contributed by atoms with Crippen LogP contribution in [0.2, 0.25) is 0 Å². The fourth-order valence-electron chi connectivity index (χ4n) is 1.54. The Labute approximate surface area is 96.7 Å². The van der Waals surface area contributed by atoms with Gasteiger partial charge in [-0.25, -0.2) is 18.1 Å². The Kier molecular flexibility index (Phi) is 4.49. The third-order valence-corrected chi connectivity index (χ3v) is 4.09. The molecule has 1 aromatic heterocycles. The largest absolute Gasteiger partial charge is 0.335 e. The lowest BCUT2D eigenvalue weighted by Crippen LogP contribution is -2.33. The van der Waals surface area contributed by atoms with Crippen LogP contribution in [-0.2, 0) is 10.0 Å². The van der Waals surface area contributed by atoms with E-state index in [4.69, 9.17) is 0 Å². The quantitative estimate of drug-likeness (QED) is 0.797. The van der Waals surface area contributed by atoms with E-state index in [-0.39, 0.29) is 11.1 Å². The van der Waals surface area contributed by atoms with Gasteiger partial charge in [-0.2, -0.15) is 0 Å². The molecule has 0 fully saturated rings. The molecule has 0 saturated carbocycles. The molecule has 2 atom stereocenters. The van der Waals surface area contributed by atoms with E-state index in [1.54, 1.807) is 0 Å². The van der Waals surface area contributed by atoms with Crippen molar-refractivity contribution in [1.82, 2.24) is 14.7 Å². The maximum Gasteiger partial charge on any atom is 0.257 e. The van der Waals surface area contributed by atoms with Gasteiger partial charge in [0.2, 0.25) is 0 Å². The Morgan fingerprint density at radius 2 is 2.19 bits per heavy atom. The van der Waals surface area contributed by atoms with Crippen molar-refractivity contribution >= 4 is 10.0 Å². The standard InChI is InChI=1S/C10H19N3O2S/c1-4-8(2)5-9(3)13-16(14,15)10-6-11-7-12-10/h6-9,13H,4-5H2,1-3H3,(H,11,12). The molecule has 0 aliphatic rings. The van der Waals surface area contributed by atoms with Crippen LogP contribution < -0.4 is 4.72 Å². The van der Waals surface area contributed by atoms with Crippen LogP contribution in [-0.4, -0.2) is 24.4 Å². The van der Waals surface area contributed by atoms with Gasteiger partial charge in [0, 0.05) is 6.04 Å². The molecular formula is C10H19N3O2S. The summed E-state index contributed by atoms with van der Waals surface area (Å²) in [5.41, 5.74) is 0. The molecule has 2 N–H and O–H groups in total. The molecular weight excluding hydrogens is 226 g/mol. The fraction of sp³-hybridized carbons (Fsp3) is 0.700. The molecule has 5 nitrogen and oxygen atoms in total. The molecule has 1 heterocycles. The molecule has 0 aliphatic carbocycles. The summed E-state index contributed by atoms with van der Waals surface area (Å²) in [6.45, 7) is 6.09. The minimum Gasteiger partial charge on any atom is -0.335 e. The average Bonchev–Trinajstić information content (AvgIpc) is 2.69. The third-order valence-electron chi connectivity index (χ3n) is 2.57. The summed E-state index contributed by atoms with van der Waals surface area (Å²) in [5.74, 6) is 0.513. The summed E-state index contributed by atoms with van der Waals surface area (Å²) in [5, 5.41) is 0.114. The summed E-state index contributed by atoms with van der Waals surface area (Å²) in [6, 6.07) is -0.0664. The molecule has 0 radical (unpaired) electrons. The molecule has 92 valence electrons. The van der Waals surface area contributed by atoms with E-state index in [9.17, 15) is 8.42 Å². The number of aromatic nitrogens is 2. The molecule has 1 rings (SSSR count). The molecule has 16 heavy (non-hydrogen) atoms. The summed E-state index contributed by atoms with van der Waals surface area (Å²) < 4.78 is 26.2. The van der Waals surface area contributed by atoms with Gasteiger partial charge in [-0.1, -0.05) is 20.3 Å². The lowest BCUT2D eigenvalue weighted by molar-refractivity contribution is 0.445. The lowest BCUT2D eigenvalue weighted by Gasteiger charge is -2.16. The summed E-state index contributed by atoms with van der Waals surface area (Å²) >= 11 is 0. The third kappa shape index (κ3) is 3.61. The normalized spacial score (nSPS) is 15.9. The van der Waals surface area contributed by atoms with Crippen molar-refractivity contribution in [3.63, 3.8) is 0 Å². The zero-order chi connectivity index (χ0) is 12.2. The second-order valence-corrected chi connectivity index (χ2v) is 5.87. The number of H-pyrrole nitrogens is 1. The number of aromatic amines is 1. The van der Waals surface area contributed by atoms with Gasteiger partial charge in [0.25, 0.3) is 10.0 Å². The van der Waals surface area contributed by atoms with E-state index in [1.807, 2.05) is 6.92 Å². The topological polar surface area (TPSA) is 74.8 Å². The Hall–Kier alpha value is -0.880. The Bertz CT molecular complexity index is 400. The molecule has 0 saturated heterocycles. The zero-order valence-electron chi connectivity index (χ0n) is 9.90. The highest BCUT2D eigenvalue weighted by Crippen LogP contribution is 2.11. The van der Waals surface area contributed by atoms with Crippen molar-refractivity contribution in [2.75, 3.05) is 0 Å². The van der Waals surface area contributed by atoms with Gasteiger partial charge >= 0.3 is 0 Å². The summed E-state index contributed by atoms with van der Waals surface area (Å²) in [4.78, 5) is 6.29. The maximum atomic E-state index is 11.8. The van der Waals surface area contributed by atoms with Crippen LogP contribution >= 0.6 is 0 Å². The molecule has 0 bridgehead atoms. The first-order valence-corrected chi connectivity index (χ1v) is 6.94. The van der Waals surface area contributed by atoms with Crippen molar-refractivity contribution in [2.45, 2.75) is 44.7 Å². The van der Waals surface area contributed by atoms with Crippen LogP contribution in [0, 0.1) is 5.92 Å². The first-order valence-electron chi connectivity index (χ1n) is 5.46. The van der Waals surface area contributed by atoms with Crippen LogP contribution in [0.15, 0.2) is 17.6 Å². The number of nitrogens with one attached hydrogen (secondary N) is 2. The van der Waals surface area contributed by atoms with Gasteiger partial charge < -0.3 is 4.98 Å². The summed E-state index contributed by atoms with van der Waals surface area (Å²) in [6.07, 6.45) is 4.55. The van der Waals surface area contributed by atoms with Gasteiger partial charge in [0.1, 0.15) is 0 Å². The highest BCUT2D eigenvalue weighted by Gasteiger charge is 2.19. The Balaban J connectivity index is 2.60. The SMILES string of the molecule is CCC(C)CC(C)NS(=O)(=O)c1cnc[nH]1. The average molecular weight is 245 g/mol. The highest BCUT2D eigenvalue weighted by atomic mass is 32.2. The molecule has 0 aliphatic heterocycles. The van der Waals surface area contributed by atoms with Crippen molar-refractivity contribution < 1.29 is 8.42 Å². The van der Waals surface area contributed by atoms with Gasteiger partial charge in [-0.3, -0.25) is 0 Å². The summed E-state index contributed by atoms with van der Waals surface area (Å²) in [7, 11) is -3.44. The van der Waals surface area contributed by atoms with Gasteiger partial charge in [-0.15, -0.1) is 0 Å². The van der Waals surface area contributed by atoms with E-state index >= 15 is 0 Å². The minimum absolute atomic E-state index is 0.0664. The van der Waals surface area contributed by atoms with Crippen LogP contribution in [0.25, 0.3) is 0 Å². The first-order chi connectivity index (χ1) is 7.45. The van der Waals surface area contributed by atoms with Crippen molar-refractivity contribution in [3.8, 4) is 0 Å². The van der Waals surface area contributed by atoms with Crippen molar-refractivity contribution in [3.05, 3.63) is 12.5 Å². The number of rotatable bonds is 6. The fourth-order valence-corrected chi connectivity index (χ4v) is 2.70. The van der Waals surface area contributed by atoms with E-state index in [2.05, 4.69) is 28.5 Å². The van der Waals surface area contributed by atoms with Crippen LogP contribution in [0.4, 0.5) is 0 Å². The molecule has 0 aromatic carbocycles. The maximum absolute atomic E-state index is 11.8. The van der Waals surface area contributed by atoms with Crippen LogP contribution in [0.5, 0.6) is 0 Å². The van der Waals surface area contributed by atoms with E-state index < -0.39 is 10.0 Å². The second kappa shape index (κ2) is 5.45. The molecule has 0 spiro atoms. The van der Waals surface area contributed by atoms with E-state index in [0.29, 0.717) is 5.92 Å². The molecule has 1 aromatic rings. The number of imidazole rings is 1. The van der Waals surface area contributed by atoms with E-state index in [1.165, 1.54) is 12.5 Å². The first kappa shape index (κ1) is 13.2. The lowest BCUT2D eigenvalue weighted by atomic mass is 10.0. The second-order valence-electron chi connectivity index (χ2n) is 4.19. The monoisotopic (exact) mass is 245 g/mol. The molecule has 6 heteroatoms. The minimum atomic E-state index is -3.44. The van der Waals surface area contributed by atoms with Crippen molar-refractivity contribution in [1.29, 1.82) is 0 Å². The number of hydrogen-bond acceptors (Lipinski definition) is 3. The van der Waals surface area contributed by atoms with Gasteiger partial charge in [0.15, 0.2) is 5.03 Å². The van der Waals surface area contributed by atoms with Crippen LogP contribution in [0.1, 0.15) is 33.6 Å². The zero-order valence-corrected chi connectivity index (χ0v) is 10.7.